The summed E-state index contributed by atoms with van der Waals surface area (Å²) in [5.41, 5.74) is 10.8. The Bertz CT molecular complexity index is 1990. The molecule has 286 valence electrons. The van der Waals surface area contributed by atoms with Crippen LogP contribution in [0.3, 0.4) is 0 Å². The highest BCUT2D eigenvalue weighted by atomic mass is 16.2. The number of rotatable bonds is 13. The van der Waals surface area contributed by atoms with Crippen LogP contribution in [0.15, 0.2) is 66.7 Å². The van der Waals surface area contributed by atoms with Crippen LogP contribution < -0.4 is 0 Å². The molecule has 3 aromatic carbocycles. The molecule has 0 spiro atoms. The van der Waals surface area contributed by atoms with Crippen molar-refractivity contribution >= 4 is 17.7 Å². The zero-order valence-electron chi connectivity index (χ0n) is 33.6. The van der Waals surface area contributed by atoms with Crippen molar-refractivity contribution in [1.29, 1.82) is 0 Å². The second kappa shape index (κ2) is 17.2. The van der Waals surface area contributed by atoms with Crippen molar-refractivity contribution in [2.75, 3.05) is 33.7 Å². The number of nitrogens with zero attached hydrogens (tertiary/aromatic N) is 5. The van der Waals surface area contributed by atoms with Gasteiger partial charge in [0.05, 0.1) is 12.0 Å². The number of unbranched alkanes of at least 4 members (excludes halogenated alkanes) is 2. The summed E-state index contributed by atoms with van der Waals surface area (Å²) in [4.78, 5) is 51.0. The Morgan fingerprint density at radius 1 is 0.796 bits per heavy atom. The van der Waals surface area contributed by atoms with Crippen LogP contribution in [0.5, 0.6) is 0 Å². The van der Waals surface area contributed by atoms with E-state index in [1.807, 2.05) is 67.0 Å². The van der Waals surface area contributed by atoms with Gasteiger partial charge in [-0.25, -0.2) is 0 Å². The SMILES string of the molecule is CCCCN(CCCC)C(=O)c1cc(-c2cc3c(cc2C(=O)N2Cc4ccccc4C[C@H]2C)CN(C(=O)Cc2ccccc2CN(C)C)CC3)n(C)c1C. The van der Waals surface area contributed by atoms with Crippen molar-refractivity contribution in [3.8, 4) is 11.3 Å². The normalized spacial score (nSPS) is 15.3. The van der Waals surface area contributed by atoms with E-state index in [-0.39, 0.29) is 23.8 Å². The fraction of sp³-hybridized carbons (Fsp3) is 0.457. The van der Waals surface area contributed by atoms with E-state index >= 15 is 0 Å². The van der Waals surface area contributed by atoms with Gasteiger partial charge in [0.15, 0.2) is 0 Å². The number of carbonyl (C=O) groups is 3. The summed E-state index contributed by atoms with van der Waals surface area (Å²) in [5.74, 6) is 0.141. The molecule has 8 heteroatoms. The lowest BCUT2D eigenvalue weighted by atomic mass is 9.89. The lowest BCUT2D eigenvalue weighted by Crippen LogP contribution is -2.43. The van der Waals surface area contributed by atoms with Crippen molar-refractivity contribution in [3.63, 3.8) is 0 Å². The molecule has 0 fully saturated rings. The van der Waals surface area contributed by atoms with Crippen LogP contribution in [-0.4, -0.2) is 81.7 Å². The van der Waals surface area contributed by atoms with Gasteiger partial charge in [0.25, 0.3) is 11.8 Å². The molecule has 0 unspecified atom stereocenters. The van der Waals surface area contributed by atoms with Crippen molar-refractivity contribution in [2.24, 2.45) is 7.05 Å². The number of carbonyl (C=O) groups excluding carboxylic acids is 3. The van der Waals surface area contributed by atoms with Gasteiger partial charge in [0.2, 0.25) is 5.91 Å². The standard InChI is InChI=1S/C46H59N5O3/c1-8-10-21-49(22-11-9-2)45(53)40-28-43(48(7)33(40)4)41-25-36-20-23-50(44(52)27-35-17-13-14-18-37(35)29-47(5)6)30-39(36)26-42(41)46(54)51-31-38-19-15-12-16-34(38)24-32(51)3/h12-19,25-26,28,32H,8-11,20-24,27,29-31H2,1-7H3/t32-/m1/s1. The van der Waals surface area contributed by atoms with Crippen LogP contribution in [0.1, 0.15) is 106 Å². The van der Waals surface area contributed by atoms with Gasteiger partial charge >= 0.3 is 0 Å². The van der Waals surface area contributed by atoms with Crippen LogP contribution >= 0.6 is 0 Å². The van der Waals surface area contributed by atoms with Gasteiger partial charge in [-0.3, -0.25) is 14.4 Å². The van der Waals surface area contributed by atoms with E-state index in [0.717, 1.165) is 90.9 Å². The third-order valence-corrected chi connectivity index (χ3v) is 11.5. The van der Waals surface area contributed by atoms with E-state index in [1.54, 1.807) is 0 Å². The molecule has 2 aliphatic rings. The first-order valence-electron chi connectivity index (χ1n) is 20.0. The quantitative estimate of drug-likeness (QED) is 0.141. The van der Waals surface area contributed by atoms with Crippen molar-refractivity contribution in [2.45, 2.75) is 98.3 Å². The van der Waals surface area contributed by atoms with E-state index < -0.39 is 0 Å². The fourth-order valence-electron chi connectivity index (χ4n) is 8.17. The molecular weight excluding hydrogens is 671 g/mol. The minimum atomic E-state index is -0.0184. The van der Waals surface area contributed by atoms with Gasteiger partial charge in [0.1, 0.15) is 0 Å². The number of hydrogen-bond acceptors (Lipinski definition) is 4. The van der Waals surface area contributed by atoms with E-state index in [4.69, 9.17) is 0 Å². The zero-order valence-corrected chi connectivity index (χ0v) is 33.6. The Kier molecular flexibility index (Phi) is 12.4. The number of amides is 3. The molecule has 0 bridgehead atoms. The summed E-state index contributed by atoms with van der Waals surface area (Å²) in [6.07, 6.45) is 5.84. The Labute approximate surface area is 322 Å². The van der Waals surface area contributed by atoms with Crippen molar-refractivity contribution in [1.82, 2.24) is 24.2 Å². The molecule has 4 aromatic rings. The number of benzene rings is 3. The van der Waals surface area contributed by atoms with Gasteiger partial charge in [-0.05, 0) is 105 Å². The topological polar surface area (TPSA) is 69.1 Å². The molecule has 0 N–H and O–H groups in total. The van der Waals surface area contributed by atoms with Crippen LogP contribution in [0.25, 0.3) is 11.3 Å². The maximum atomic E-state index is 14.9. The molecule has 1 aromatic heterocycles. The van der Waals surface area contributed by atoms with Gasteiger partial charge in [0, 0.05) is 74.9 Å². The second-order valence-electron chi connectivity index (χ2n) is 15.8. The monoisotopic (exact) mass is 729 g/mol. The van der Waals surface area contributed by atoms with Crippen molar-refractivity contribution in [3.05, 3.63) is 117 Å². The first-order chi connectivity index (χ1) is 26.0. The summed E-state index contributed by atoms with van der Waals surface area (Å²) in [5, 5.41) is 0. The average molecular weight is 730 g/mol. The van der Waals surface area contributed by atoms with Crippen molar-refractivity contribution < 1.29 is 14.4 Å². The Morgan fingerprint density at radius 3 is 2.15 bits per heavy atom. The highest BCUT2D eigenvalue weighted by Crippen LogP contribution is 2.36. The van der Waals surface area contributed by atoms with Gasteiger partial charge in [-0.1, -0.05) is 75.2 Å². The lowest BCUT2D eigenvalue weighted by molar-refractivity contribution is -0.131. The predicted octanol–water partition coefficient (Wildman–Crippen LogP) is 7.82. The maximum absolute atomic E-state index is 14.9. The first-order valence-corrected chi connectivity index (χ1v) is 20.0. The van der Waals surface area contributed by atoms with E-state index in [0.29, 0.717) is 43.6 Å². The number of aromatic nitrogens is 1. The molecule has 6 rings (SSSR count). The summed E-state index contributed by atoms with van der Waals surface area (Å²) < 4.78 is 2.09. The van der Waals surface area contributed by atoms with Crippen LogP contribution in [0.2, 0.25) is 0 Å². The van der Waals surface area contributed by atoms with E-state index in [9.17, 15) is 14.4 Å². The van der Waals surface area contributed by atoms with Gasteiger partial charge in [-0.2, -0.15) is 0 Å². The highest BCUT2D eigenvalue weighted by molar-refractivity contribution is 6.03. The first kappa shape index (κ1) is 39.0. The Morgan fingerprint density at radius 2 is 1.46 bits per heavy atom. The largest absolute Gasteiger partial charge is 0.347 e. The molecule has 2 aliphatic heterocycles. The summed E-state index contributed by atoms with van der Waals surface area (Å²) in [7, 11) is 6.09. The molecule has 54 heavy (non-hydrogen) atoms. The lowest BCUT2D eigenvalue weighted by Gasteiger charge is -2.36. The van der Waals surface area contributed by atoms with Crippen LogP contribution in [0.4, 0.5) is 0 Å². The molecule has 0 saturated heterocycles. The fourth-order valence-corrected chi connectivity index (χ4v) is 8.17. The third kappa shape index (κ3) is 8.34. The molecular formula is C46H59N5O3. The second-order valence-corrected chi connectivity index (χ2v) is 15.8. The van der Waals surface area contributed by atoms with E-state index in [2.05, 4.69) is 72.7 Å². The zero-order chi connectivity index (χ0) is 38.5. The molecule has 3 amide bonds. The minimum absolute atomic E-state index is 0.0184. The number of fused-ring (bicyclic) bond motifs is 2. The Balaban J connectivity index is 1.37. The molecule has 3 heterocycles. The molecule has 0 aliphatic carbocycles. The minimum Gasteiger partial charge on any atom is -0.347 e. The van der Waals surface area contributed by atoms with Crippen LogP contribution in [0, 0.1) is 6.92 Å². The summed E-state index contributed by atoms with van der Waals surface area (Å²) in [6.45, 7) is 12.3. The highest BCUT2D eigenvalue weighted by Gasteiger charge is 2.32. The molecule has 0 radical (unpaired) electrons. The average Bonchev–Trinajstić information content (AvgIpc) is 3.46. The van der Waals surface area contributed by atoms with Crippen LogP contribution in [-0.2, 0) is 50.7 Å². The Hall–Kier alpha value is -4.69. The smallest absolute Gasteiger partial charge is 0.255 e. The predicted molar refractivity (Wildman–Crippen MR) is 217 cm³/mol. The van der Waals surface area contributed by atoms with Gasteiger partial charge < -0.3 is 24.2 Å². The maximum Gasteiger partial charge on any atom is 0.255 e. The summed E-state index contributed by atoms with van der Waals surface area (Å²) >= 11 is 0. The molecule has 0 saturated carbocycles. The molecule has 8 nitrogen and oxygen atoms in total. The van der Waals surface area contributed by atoms with E-state index in [1.165, 1.54) is 11.1 Å². The summed E-state index contributed by atoms with van der Waals surface area (Å²) in [6, 6.07) is 22.9. The number of hydrogen-bond donors (Lipinski definition) is 0. The van der Waals surface area contributed by atoms with Gasteiger partial charge in [-0.15, -0.1) is 0 Å². The molecule has 1 atom stereocenters. The third-order valence-electron chi connectivity index (χ3n) is 11.5.